The summed E-state index contributed by atoms with van der Waals surface area (Å²) in [4.78, 5) is 24.8. The molecule has 1 N–H and O–H groups in total. The highest BCUT2D eigenvalue weighted by Gasteiger charge is 2.13. The van der Waals surface area contributed by atoms with Gasteiger partial charge < -0.3 is 14.8 Å². The monoisotopic (exact) mass is 402 g/mol. The molecule has 146 valence electrons. The number of anilines is 1. The van der Waals surface area contributed by atoms with Gasteiger partial charge in [-0.15, -0.1) is 0 Å². The number of nitrogens with one attached hydrogen (secondary N) is 1. The van der Waals surface area contributed by atoms with Gasteiger partial charge in [0, 0.05) is 10.6 Å². The standard InChI is InChI=1S/C20H19FN2O4S/c1-12-6-15(28-11-22)7-13(2)20(12)23-18(24)10-27-19(25)9-14-4-5-17(26-3)16(21)8-14/h4-8H,9-10H2,1-3H3,(H,23,24). The average molecular weight is 402 g/mol. The molecule has 0 aliphatic heterocycles. The van der Waals surface area contributed by atoms with Crippen LogP contribution in [0, 0.1) is 30.3 Å². The Bertz CT molecular complexity index is 917. The van der Waals surface area contributed by atoms with Crippen LogP contribution in [0.3, 0.4) is 0 Å². The molecule has 6 nitrogen and oxygen atoms in total. The first-order valence-corrected chi connectivity index (χ1v) is 9.10. The molecule has 2 rings (SSSR count). The number of carbonyl (C=O) groups excluding carboxylic acids is 2. The van der Waals surface area contributed by atoms with Crippen LogP contribution in [0.2, 0.25) is 0 Å². The van der Waals surface area contributed by atoms with Crippen LogP contribution in [0.4, 0.5) is 10.1 Å². The van der Waals surface area contributed by atoms with Crippen molar-refractivity contribution in [3.63, 3.8) is 0 Å². The zero-order valence-electron chi connectivity index (χ0n) is 15.7. The molecule has 28 heavy (non-hydrogen) atoms. The molecule has 0 aliphatic rings. The molecule has 1 amide bonds. The second kappa shape index (κ2) is 9.76. The molecule has 0 bridgehead atoms. The fourth-order valence-corrected chi connectivity index (χ4v) is 3.17. The molecule has 2 aromatic carbocycles. The van der Waals surface area contributed by atoms with Gasteiger partial charge in [-0.2, -0.15) is 5.26 Å². The third-order valence-electron chi connectivity index (χ3n) is 3.86. The molecule has 0 atom stereocenters. The maximum absolute atomic E-state index is 13.6. The van der Waals surface area contributed by atoms with Crippen LogP contribution in [-0.2, 0) is 20.7 Å². The van der Waals surface area contributed by atoms with E-state index in [1.807, 2.05) is 19.2 Å². The van der Waals surface area contributed by atoms with E-state index in [1.54, 1.807) is 18.2 Å². The van der Waals surface area contributed by atoms with E-state index in [-0.39, 0.29) is 12.2 Å². The second-order valence-electron chi connectivity index (χ2n) is 5.98. The molecular weight excluding hydrogens is 383 g/mol. The van der Waals surface area contributed by atoms with E-state index < -0.39 is 24.3 Å². The molecule has 0 fully saturated rings. The fraction of sp³-hybridized carbons (Fsp3) is 0.250. The highest BCUT2D eigenvalue weighted by atomic mass is 32.2. The number of hydrogen-bond donors (Lipinski definition) is 1. The molecule has 0 unspecified atom stereocenters. The third-order valence-corrected chi connectivity index (χ3v) is 4.43. The smallest absolute Gasteiger partial charge is 0.310 e. The predicted molar refractivity (Wildman–Crippen MR) is 104 cm³/mol. The summed E-state index contributed by atoms with van der Waals surface area (Å²) in [6, 6.07) is 7.75. The number of amides is 1. The SMILES string of the molecule is COc1ccc(CC(=O)OCC(=O)Nc2c(C)cc(SC#N)cc2C)cc1F. The second-order valence-corrected chi connectivity index (χ2v) is 6.84. The number of aryl methyl sites for hydroxylation is 2. The van der Waals surface area contributed by atoms with Gasteiger partial charge >= 0.3 is 5.97 Å². The molecule has 0 spiro atoms. The van der Waals surface area contributed by atoms with Gasteiger partial charge in [0.15, 0.2) is 18.2 Å². The summed E-state index contributed by atoms with van der Waals surface area (Å²) in [6.45, 7) is 3.17. The van der Waals surface area contributed by atoms with Crippen molar-refractivity contribution in [2.75, 3.05) is 19.0 Å². The van der Waals surface area contributed by atoms with Crippen molar-refractivity contribution in [1.82, 2.24) is 0 Å². The topological polar surface area (TPSA) is 88.4 Å². The normalized spacial score (nSPS) is 10.1. The molecule has 0 saturated heterocycles. The summed E-state index contributed by atoms with van der Waals surface area (Å²) in [5.74, 6) is -1.62. The van der Waals surface area contributed by atoms with Gasteiger partial charge in [0.05, 0.1) is 13.5 Å². The number of ether oxygens (including phenoxy) is 2. The quantitative estimate of drug-likeness (QED) is 0.431. The van der Waals surface area contributed by atoms with E-state index in [0.29, 0.717) is 11.3 Å². The number of hydrogen-bond acceptors (Lipinski definition) is 6. The Labute approximate surface area is 166 Å². The summed E-state index contributed by atoms with van der Waals surface area (Å²) in [7, 11) is 1.35. The van der Waals surface area contributed by atoms with Crippen LogP contribution in [0.5, 0.6) is 5.75 Å². The average Bonchev–Trinajstić information content (AvgIpc) is 2.63. The Kier molecular flexibility index (Phi) is 7.41. The summed E-state index contributed by atoms with van der Waals surface area (Å²) in [5, 5.41) is 13.5. The van der Waals surface area contributed by atoms with Crippen molar-refractivity contribution in [2.24, 2.45) is 0 Å². The van der Waals surface area contributed by atoms with Gasteiger partial charge in [0.2, 0.25) is 0 Å². The summed E-state index contributed by atoms with van der Waals surface area (Å²) < 4.78 is 23.4. The maximum Gasteiger partial charge on any atom is 0.310 e. The van der Waals surface area contributed by atoms with Gasteiger partial charge in [-0.25, -0.2) is 4.39 Å². The molecule has 0 saturated carbocycles. The molecule has 0 heterocycles. The van der Waals surface area contributed by atoms with Gasteiger partial charge in [-0.05, 0) is 66.6 Å². The highest BCUT2D eigenvalue weighted by molar-refractivity contribution is 8.03. The van der Waals surface area contributed by atoms with Crippen LogP contribution in [0.25, 0.3) is 0 Å². The predicted octanol–water partition coefficient (Wildman–Crippen LogP) is 3.75. The lowest BCUT2D eigenvalue weighted by Gasteiger charge is -2.13. The Morgan fingerprint density at radius 1 is 1.21 bits per heavy atom. The van der Waals surface area contributed by atoms with Crippen LogP contribution in [0.15, 0.2) is 35.2 Å². The van der Waals surface area contributed by atoms with Crippen molar-refractivity contribution in [3.05, 3.63) is 52.8 Å². The van der Waals surface area contributed by atoms with E-state index >= 15 is 0 Å². The lowest BCUT2D eigenvalue weighted by molar-refractivity contribution is -0.146. The lowest BCUT2D eigenvalue weighted by atomic mass is 10.1. The van der Waals surface area contributed by atoms with Gasteiger partial charge in [-0.1, -0.05) is 6.07 Å². The van der Waals surface area contributed by atoms with E-state index in [0.717, 1.165) is 27.8 Å². The Morgan fingerprint density at radius 3 is 2.46 bits per heavy atom. The summed E-state index contributed by atoms with van der Waals surface area (Å²) >= 11 is 1.04. The highest BCUT2D eigenvalue weighted by Crippen LogP contribution is 2.27. The minimum Gasteiger partial charge on any atom is -0.494 e. The van der Waals surface area contributed by atoms with Crippen LogP contribution >= 0.6 is 11.8 Å². The number of methoxy groups -OCH3 is 1. The lowest BCUT2D eigenvalue weighted by Crippen LogP contribution is -2.22. The molecule has 0 aromatic heterocycles. The van der Waals surface area contributed by atoms with Crippen molar-refractivity contribution < 1.29 is 23.5 Å². The number of nitriles is 1. The van der Waals surface area contributed by atoms with Crippen molar-refractivity contribution in [3.8, 4) is 11.2 Å². The summed E-state index contributed by atoms with van der Waals surface area (Å²) in [5.41, 5.74) is 2.62. The van der Waals surface area contributed by atoms with Crippen molar-refractivity contribution >= 4 is 29.3 Å². The zero-order valence-corrected chi connectivity index (χ0v) is 16.5. The molecular formula is C20H19FN2O4S. The fourth-order valence-electron chi connectivity index (χ4n) is 2.59. The number of halogens is 1. The first-order chi connectivity index (χ1) is 13.3. The number of benzene rings is 2. The van der Waals surface area contributed by atoms with Crippen LogP contribution < -0.4 is 10.1 Å². The minimum atomic E-state index is -0.645. The first kappa shape index (κ1) is 21.3. The van der Waals surface area contributed by atoms with Gasteiger partial charge in [-0.3, -0.25) is 9.59 Å². The number of carbonyl (C=O) groups is 2. The van der Waals surface area contributed by atoms with E-state index in [9.17, 15) is 14.0 Å². The number of thioether (sulfide) groups is 1. The van der Waals surface area contributed by atoms with E-state index in [4.69, 9.17) is 14.7 Å². The summed E-state index contributed by atoms with van der Waals surface area (Å²) in [6.07, 6.45) is -0.160. The third kappa shape index (κ3) is 5.72. The van der Waals surface area contributed by atoms with Gasteiger partial charge in [0.25, 0.3) is 5.91 Å². The maximum atomic E-state index is 13.6. The largest absolute Gasteiger partial charge is 0.494 e. The molecule has 2 aromatic rings. The minimum absolute atomic E-state index is 0.0847. The van der Waals surface area contributed by atoms with Gasteiger partial charge in [0.1, 0.15) is 5.40 Å². The number of nitrogens with zero attached hydrogens (tertiary/aromatic N) is 1. The Balaban J connectivity index is 1.91. The zero-order chi connectivity index (χ0) is 20.7. The number of esters is 1. The number of thiocyanates is 1. The molecule has 0 aliphatic carbocycles. The van der Waals surface area contributed by atoms with Crippen LogP contribution in [-0.4, -0.2) is 25.6 Å². The van der Waals surface area contributed by atoms with E-state index in [1.165, 1.54) is 19.2 Å². The Morgan fingerprint density at radius 2 is 1.89 bits per heavy atom. The molecule has 8 heteroatoms. The van der Waals surface area contributed by atoms with Crippen molar-refractivity contribution in [2.45, 2.75) is 25.2 Å². The van der Waals surface area contributed by atoms with E-state index in [2.05, 4.69) is 5.32 Å². The Hall–Kier alpha value is -3.05. The number of rotatable bonds is 7. The van der Waals surface area contributed by atoms with Crippen molar-refractivity contribution in [1.29, 1.82) is 5.26 Å². The van der Waals surface area contributed by atoms with Crippen LogP contribution in [0.1, 0.15) is 16.7 Å². The molecule has 0 radical (unpaired) electrons. The first-order valence-electron chi connectivity index (χ1n) is 8.29.